The van der Waals surface area contributed by atoms with Crippen LogP contribution in [-0.2, 0) is 0 Å². The van der Waals surface area contributed by atoms with Crippen LogP contribution in [0.4, 0.5) is 8.78 Å². The molecule has 0 spiro atoms. The number of alkyl halides is 1. The fourth-order valence-corrected chi connectivity index (χ4v) is 1.44. The van der Waals surface area contributed by atoms with Crippen LogP contribution in [0.5, 0.6) is 5.75 Å². The minimum absolute atomic E-state index is 0.230. The Balaban J connectivity index is 3.08. The van der Waals surface area contributed by atoms with Gasteiger partial charge in [-0.25, -0.2) is 8.78 Å². The summed E-state index contributed by atoms with van der Waals surface area (Å²) in [6.45, 7) is -0.934. The van der Waals surface area contributed by atoms with Crippen LogP contribution in [0.1, 0.15) is 0 Å². The first-order valence-electron chi connectivity index (χ1n) is 2.99. The van der Waals surface area contributed by atoms with Crippen molar-refractivity contribution in [2.24, 2.45) is 0 Å². The van der Waals surface area contributed by atoms with Gasteiger partial charge in [-0.1, -0.05) is 0 Å². The van der Waals surface area contributed by atoms with Gasteiger partial charge in [-0.05, 0) is 44.0 Å². The predicted molar refractivity (Wildman–Crippen MR) is 48.4 cm³/mol. The molecule has 0 aliphatic heterocycles. The molecular weight excluding hydrogens is 298 g/mol. The summed E-state index contributed by atoms with van der Waals surface area (Å²) in [5.74, 6) is -0.154. The standard InChI is InChI=1S/C7H4Br2F2O/c8-6-4(11)1-2-5(7(6)9)12-3-10/h1-2H,3H2. The summed E-state index contributed by atoms with van der Waals surface area (Å²) in [7, 11) is 0. The smallest absolute Gasteiger partial charge is 0.228 e. The Labute approximate surface area is 85.0 Å². The summed E-state index contributed by atoms with van der Waals surface area (Å²) < 4.78 is 29.7. The van der Waals surface area contributed by atoms with Crippen molar-refractivity contribution in [3.63, 3.8) is 0 Å². The summed E-state index contributed by atoms with van der Waals surface area (Å²) >= 11 is 6.03. The lowest BCUT2D eigenvalue weighted by atomic mass is 10.3. The van der Waals surface area contributed by atoms with E-state index in [1.54, 1.807) is 0 Å². The van der Waals surface area contributed by atoms with Gasteiger partial charge in [0.15, 0.2) is 0 Å². The number of hydrogen-bond acceptors (Lipinski definition) is 1. The van der Waals surface area contributed by atoms with E-state index >= 15 is 0 Å². The highest BCUT2D eigenvalue weighted by Gasteiger charge is 2.09. The van der Waals surface area contributed by atoms with Crippen molar-refractivity contribution in [1.29, 1.82) is 0 Å². The van der Waals surface area contributed by atoms with Gasteiger partial charge >= 0.3 is 0 Å². The van der Waals surface area contributed by atoms with E-state index in [4.69, 9.17) is 0 Å². The van der Waals surface area contributed by atoms with Crippen molar-refractivity contribution in [1.82, 2.24) is 0 Å². The van der Waals surface area contributed by atoms with E-state index in [2.05, 4.69) is 36.6 Å². The van der Waals surface area contributed by atoms with Crippen LogP contribution in [0.3, 0.4) is 0 Å². The lowest BCUT2D eigenvalue weighted by Gasteiger charge is -2.05. The van der Waals surface area contributed by atoms with E-state index in [1.165, 1.54) is 12.1 Å². The highest BCUT2D eigenvalue weighted by Crippen LogP contribution is 2.34. The van der Waals surface area contributed by atoms with E-state index in [-0.39, 0.29) is 10.2 Å². The highest BCUT2D eigenvalue weighted by atomic mass is 79.9. The van der Waals surface area contributed by atoms with Gasteiger partial charge in [0.2, 0.25) is 6.86 Å². The molecule has 0 aliphatic carbocycles. The monoisotopic (exact) mass is 300 g/mol. The Morgan fingerprint density at radius 3 is 2.50 bits per heavy atom. The number of halogens is 4. The van der Waals surface area contributed by atoms with Gasteiger partial charge in [0.1, 0.15) is 11.6 Å². The number of rotatable bonds is 2. The molecule has 0 fully saturated rings. The zero-order valence-electron chi connectivity index (χ0n) is 5.78. The molecule has 1 rings (SSSR count). The van der Waals surface area contributed by atoms with Crippen molar-refractivity contribution in [2.75, 3.05) is 6.86 Å². The molecule has 0 N–H and O–H groups in total. The molecule has 0 atom stereocenters. The van der Waals surface area contributed by atoms with Crippen molar-refractivity contribution in [2.45, 2.75) is 0 Å². The van der Waals surface area contributed by atoms with E-state index < -0.39 is 12.7 Å². The fraction of sp³-hybridized carbons (Fsp3) is 0.143. The molecule has 0 saturated carbocycles. The molecule has 12 heavy (non-hydrogen) atoms. The third-order valence-corrected chi connectivity index (χ3v) is 3.30. The third-order valence-electron chi connectivity index (χ3n) is 1.21. The Hall–Kier alpha value is -0.160. The Bertz CT molecular complexity index is 291. The maximum atomic E-state index is 12.8. The van der Waals surface area contributed by atoms with Crippen LogP contribution in [0, 0.1) is 5.82 Å². The average Bonchev–Trinajstić information content (AvgIpc) is 2.07. The first-order chi connectivity index (χ1) is 5.66. The van der Waals surface area contributed by atoms with Crippen molar-refractivity contribution < 1.29 is 13.5 Å². The van der Waals surface area contributed by atoms with Crippen LogP contribution in [0.25, 0.3) is 0 Å². The maximum absolute atomic E-state index is 12.8. The Morgan fingerprint density at radius 2 is 1.92 bits per heavy atom. The molecule has 0 unspecified atom stereocenters. The highest BCUT2D eigenvalue weighted by molar-refractivity contribution is 9.13. The first-order valence-corrected chi connectivity index (χ1v) is 4.57. The molecule has 1 aromatic carbocycles. The lowest BCUT2D eigenvalue weighted by Crippen LogP contribution is -1.92. The second-order valence-electron chi connectivity index (χ2n) is 1.93. The van der Waals surface area contributed by atoms with E-state index in [1.807, 2.05) is 0 Å². The number of hydrogen-bond donors (Lipinski definition) is 0. The van der Waals surface area contributed by atoms with Crippen molar-refractivity contribution >= 4 is 31.9 Å². The van der Waals surface area contributed by atoms with Gasteiger partial charge in [-0.3, -0.25) is 0 Å². The molecular formula is C7H4Br2F2O. The molecule has 1 aromatic rings. The summed E-state index contributed by atoms with van der Waals surface area (Å²) in [6.07, 6.45) is 0. The van der Waals surface area contributed by atoms with Gasteiger partial charge < -0.3 is 4.74 Å². The lowest BCUT2D eigenvalue weighted by molar-refractivity contribution is 0.190. The van der Waals surface area contributed by atoms with Gasteiger partial charge in [0.05, 0.1) is 8.95 Å². The summed E-state index contributed by atoms with van der Waals surface area (Å²) in [5, 5.41) is 0. The first kappa shape index (κ1) is 9.92. The normalized spacial score (nSPS) is 10.0. The number of ether oxygens (including phenoxy) is 1. The minimum Gasteiger partial charge on any atom is -0.462 e. The van der Waals surface area contributed by atoms with Gasteiger partial charge in [-0.15, -0.1) is 0 Å². The van der Waals surface area contributed by atoms with Gasteiger partial charge in [0.25, 0.3) is 0 Å². The zero-order chi connectivity index (χ0) is 9.14. The van der Waals surface area contributed by atoms with Crippen LogP contribution in [-0.4, -0.2) is 6.86 Å². The molecule has 5 heteroatoms. The van der Waals surface area contributed by atoms with Gasteiger partial charge in [-0.2, -0.15) is 0 Å². The fourth-order valence-electron chi connectivity index (χ4n) is 0.678. The molecule has 0 heterocycles. The SMILES string of the molecule is FCOc1ccc(F)c(Br)c1Br. The largest absolute Gasteiger partial charge is 0.462 e. The molecule has 1 nitrogen and oxygen atoms in total. The number of benzene rings is 1. The molecule has 0 aromatic heterocycles. The molecule has 0 saturated heterocycles. The van der Waals surface area contributed by atoms with Crippen LogP contribution >= 0.6 is 31.9 Å². The second-order valence-corrected chi connectivity index (χ2v) is 3.51. The molecule has 66 valence electrons. The molecule has 0 amide bonds. The van der Waals surface area contributed by atoms with Crippen molar-refractivity contribution in [3.8, 4) is 5.75 Å². The third kappa shape index (κ3) is 1.95. The Morgan fingerprint density at radius 1 is 1.25 bits per heavy atom. The minimum atomic E-state index is -0.934. The predicted octanol–water partition coefficient (Wildman–Crippen LogP) is 3.66. The summed E-state index contributed by atoms with van der Waals surface area (Å²) in [5.41, 5.74) is 0. The molecule has 0 bridgehead atoms. The van der Waals surface area contributed by atoms with E-state index in [0.717, 1.165) is 0 Å². The molecule has 0 aliphatic rings. The topological polar surface area (TPSA) is 9.23 Å². The van der Waals surface area contributed by atoms with Gasteiger partial charge in [0, 0.05) is 0 Å². The summed E-state index contributed by atoms with van der Waals surface area (Å²) in [4.78, 5) is 0. The zero-order valence-corrected chi connectivity index (χ0v) is 8.95. The summed E-state index contributed by atoms with van der Waals surface area (Å²) in [6, 6.07) is 2.55. The quantitative estimate of drug-likeness (QED) is 0.758. The second kappa shape index (κ2) is 4.18. The van der Waals surface area contributed by atoms with E-state index in [0.29, 0.717) is 4.47 Å². The maximum Gasteiger partial charge on any atom is 0.228 e. The van der Waals surface area contributed by atoms with Crippen LogP contribution in [0.2, 0.25) is 0 Å². The van der Waals surface area contributed by atoms with Crippen LogP contribution in [0.15, 0.2) is 21.1 Å². The Kier molecular flexibility index (Phi) is 3.46. The molecule has 0 radical (unpaired) electrons. The van der Waals surface area contributed by atoms with Crippen LogP contribution < -0.4 is 4.74 Å². The average molecular weight is 302 g/mol. The van der Waals surface area contributed by atoms with Crippen molar-refractivity contribution in [3.05, 3.63) is 26.9 Å². The van der Waals surface area contributed by atoms with E-state index in [9.17, 15) is 8.78 Å².